The lowest BCUT2D eigenvalue weighted by Gasteiger charge is -2.21. The fraction of sp³-hybridized carbons (Fsp3) is 0.368. The average molecular weight is 409 g/mol. The van der Waals surface area contributed by atoms with Gasteiger partial charge in [-0.15, -0.1) is 11.3 Å². The van der Waals surface area contributed by atoms with E-state index in [1.54, 1.807) is 10.3 Å². The largest absolute Gasteiger partial charge is 0.510 e. The Morgan fingerprint density at radius 3 is 2.68 bits per heavy atom. The molecule has 2 aliphatic rings. The summed E-state index contributed by atoms with van der Waals surface area (Å²) in [6.45, 7) is 1.51. The predicted octanol–water partition coefficient (Wildman–Crippen LogP) is 4.57. The zero-order valence-corrected chi connectivity index (χ0v) is 15.6. The summed E-state index contributed by atoms with van der Waals surface area (Å²) in [6.07, 6.45) is -2.38. The van der Waals surface area contributed by atoms with Crippen molar-refractivity contribution < 1.29 is 23.0 Å². The van der Waals surface area contributed by atoms with Crippen LogP contribution in [-0.4, -0.2) is 46.6 Å². The number of hydrogen-bond acceptors (Lipinski definition) is 5. The van der Waals surface area contributed by atoms with Crippen LogP contribution in [0.1, 0.15) is 23.4 Å². The van der Waals surface area contributed by atoms with Crippen LogP contribution in [0.15, 0.2) is 35.4 Å². The highest BCUT2D eigenvalue weighted by molar-refractivity contribution is 7.11. The van der Waals surface area contributed by atoms with Crippen molar-refractivity contribution in [2.45, 2.75) is 25.1 Å². The summed E-state index contributed by atoms with van der Waals surface area (Å²) in [5.74, 6) is 0.276. The SMILES string of the molecule is N=C1C(c2nc(-c3ccc(C(F)(F)F)cc3)cs2)=C(O)CN1CC1CCCO1. The first-order valence-corrected chi connectivity index (χ1v) is 9.72. The smallest absolute Gasteiger partial charge is 0.416 e. The number of aromatic nitrogens is 1. The molecular weight excluding hydrogens is 391 g/mol. The van der Waals surface area contributed by atoms with Gasteiger partial charge in [-0.2, -0.15) is 13.2 Å². The summed E-state index contributed by atoms with van der Waals surface area (Å²) in [6, 6.07) is 4.79. The van der Waals surface area contributed by atoms with E-state index >= 15 is 0 Å². The number of aliphatic hydroxyl groups is 1. The number of thiazole rings is 1. The molecule has 2 aliphatic heterocycles. The predicted molar refractivity (Wildman–Crippen MR) is 100 cm³/mol. The highest BCUT2D eigenvalue weighted by Crippen LogP contribution is 2.34. The van der Waals surface area contributed by atoms with Crippen LogP contribution in [0.4, 0.5) is 13.2 Å². The van der Waals surface area contributed by atoms with Gasteiger partial charge in [0.05, 0.1) is 29.5 Å². The first kappa shape index (κ1) is 18.9. The quantitative estimate of drug-likeness (QED) is 0.776. The first-order valence-electron chi connectivity index (χ1n) is 8.84. The molecule has 1 atom stereocenters. The van der Waals surface area contributed by atoms with Gasteiger partial charge in [-0.3, -0.25) is 5.41 Å². The second kappa shape index (κ2) is 7.21. The molecule has 1 saturated heterocycles. The number of nitrogens with zero attached hydrogens (tertiary/aromatic N) is 2. The van der Waals surface area contributed by atoms with Gasteiger partial charge in [0.25, 0.3) is 0 Å². The molecule has 2 aromatic rings. The minimum absolute atomic E-state index is 0.0616. The fourth-order valence-electron chi connectivity index (χ4n) is 3.40. The van der Waals surface area contributed by atoms with Crippen molar-refractivity contribution >= 4 is 22.7 Å². The van der Waals surface area contributed by atoms with E-state index in [1.807, 2.05) is 0 Å². The van der Waals surface area contributed by atoms with Gasteiger partial charge in [0.2, 0.25) is 0 Å². The number of hydrogen-bond donors (Lipinski definition) is 2. The molecule has 3 heterocycles. The number of amidine groups is 1. The van der Waals surface area contributed by atoms with Gasteiger partial charge in [-0.05, 0) is 25.0 Å². The number of rotatable bonds is 4. The van der Waals surface area contributed by atoms with E-state index in [4.69, 9.17) is 10.1 Å². The van der Waals surface area contributed by atoms with Crippen LogP contribution in [0, 0.1) is 5.41 Å². The highest BCUT2D eigenvalue weighted by Gasteiger charge is 2.33. The molecule has 1 fully saturated rings. The molecule has 0 bridgehead atoms. The summed E-state index contributed by atoms with van der Waals surface area (Å²) < 4.78 is 43.7. The van der Waals surface area contributed by atoms with Gasteiger partial charge >= 0.3 is 6.18 Å². The molecule has 4 rings (SSSR count). The minimum atomic E-state index is -4.38. The van der Waals surface area contributed by atoms with Crippen molar-refractivity contribution in [2.75, 3.05) is 19.7 Å². The summed E-state index contributed by atoms with van der Waals surface area (Å²) >= 11 is 1.25. The second-order valence-corrected chi connectivity index (χ2v) is 7.66. The van der Waals surface area contributed by atoms with Gasteiger partial charge in [-0.1, -0.05) is 12.1 Å². The molecule has 0 radical (unpaired) electrons. The maximum absolute atomic E-state index is 12.7. The van der Waals surface area contributed by atoms with Gasteiger partial charge in [0.1, 0.15) is 16.6 Å². The van der Waals surface area contributed by atoms with Crippen molar-refractivity contribution in [3.8, 4) is 11.3 Å². The normalized spacial score (nSPS) is 20.5. The number of alkyl halides is 3. The Labute approximate surface area is 163 Å². The van der Waals surface area contributed by atoms with Crippen LogP contribution < -0.4 is 0 Å². The van der Waals surface area contributed by atoms with E-state index in [1.165, 1.54) is 23.5 Å². The molecule has 28 heavy (non-hydrogen) atoms. The molecule has 0 saturated carbocycles. The Morgan fingerprint density at radius 1 is 1.29 bits per heavy atom. The highest BCUT2D eigenvalue weighted by atomic mass is 32.1. The summed E-state index contributed by atoms with van der Waals surface area (Å²) in [5.41, 5.74) is 0.728. The van der Waals surface area contributed by atoms with Gasteiger partial charge < -0.3 is 14.7 Å². The Balaban J connectivity index is 1.52. The molecule has 9 heteroatoms. The van der Waals surface area contributed by atoms with Crippen molar-refractivity contribution in [1.82, 2.24) is 9.88 Å². The molecule has 0 spiro atoms. The van der Waals surface area contributed by atoms with Crippen molar-refractivity contribution in [2.24, 2.45) is 0 Å². The Hall–Kier alpha value is -2.39. The van der Waals surface area contributed by atoms with E-state index in [0.29, 0.717) is 28.4 Å². The van der Waals surface area contributed by atoms with Crippen LogP contribution in [0.5, 0.6) is 0 Å². The number of ether oxygens (including phenoxy) is 1. The average Bonchev–Trinajstić information content (AvgIpc) is 3.37. The maximum Gasteiger partial charge on any atom is 0.416 e. The van der Waals surface area contributed by atoms with Crippen LogP contribution in [-0.2, 0) is 10.9 Å². The van der Waals surface area contributed by atoms with Gasteiger partial charge in [-0.25, -0.2) is 4.98 Å². The van der Waals surface area contributed by atoms with E-state index in [9.17, 15) is 18.3 Å². The van der Waals surface area contributed by atoms with E-state index in [0.717, 1.165) is 31.6 Å². The number of halogens is 3. The molecular formula is C19H18F3N3O2S. The number of aliphatic hydroxyl groups excluding tert-OH is 1. The standard InChI is InChI=1S/C19H18F3N3O2S/c20-19(21,22)12-5-3-11(4-6-12)14-10-28-18(24-14)16-15(26)9-25(17(16)23)8-13-2-1-7-27-13/h3-6,10,13,23,26H,1-2,7-9H2. The molecule has 2 N–H and O–H groups in total. The molecule has 148 valence electrons. The maximum atomic E-state index is 12.7. The van der Waals surface area contributed by atoms with Gasteiger partial charge in [0.15, 0.2) is 0 Å². The van der Waals surface area contributed by atoms with E-state index in [-0.39, 0.29) is 24.2 Å². The molecule has 5 nitrogen and oxygen atoms in total. The Bertz CT molecular complexity index is 915. The summed E-state index contributed by atoms with van der Waals surface area (Å²) in [7, 11) is 0. The molecule has 1 unspecified atom stereocenters. The zero-order valence-electron chi connectivity index (χ0n) is 14.8. The van der Waals surface area contributed by atoms with Crippen molar-refractivity contribution in [1.29, 1.82) is 5.41 Å². The third-order valence-corrected chi connectivity index (χ3v) is 5.72. The zero-order chi connectivity index (χ0) is 19.9. The lowest BCUT2D eigenvalue weighted by Crippen LogP contribution is -2.34. The fourth-order valence-corrected chi connectivity index (χ4v) is 4.29. The number of nitrogens with one attached hydrogen (secondary N) is 1. The monoisotopic (exact) mass is 409 g/mol. The molecule has 0 aliphatic carbocycles. The Kier molecular flexibility index (Phi) is 4.88. The minimum Gasteiger partial charge on any atom is -0.510 e. The molecule has 0 amide bonds. The van der Waals surface area contributed by atoms with E-state index in [2.05, 4.69) is 4.98 Å². The van der Waals surface area contributed by atoms with Gasteiger partial charge in [0, 0.05) is 24.1 Å². The number of benzene rings is 1. The van der Waals surface area contributed by atoms with Crippen LogP contribution in [0.25, 0.3) is 16.8 Å². The summed E-state index contributed by atoms with van der Waals surface area (Å²) in [4.78, 5) is 6.21. The van der Waals surface area contributed by atoms with Crippen LogP contribution >= 0.6 is 11.3 Å². The lowest BCUT2D eigenvalue weighted by molar-refractivity contribution is -0.137. The summed E-state index contributed by atoms with van der Waals surface area (Å²) in [5, 5.41) is 21.0. The molecule has 1 aromatic heterocycles. The Morgan fingerprint density at radius 2 is 2.04 bits per heavy atom. The first-order chi connectivity index (χ1) is 13.3. The third kappa shape index (κ3) is 3.64. The van der Waals surface area contributed by atoms with Crippen LogP contribution in [0.3, 0.4) is 0 Å². The topological polar surface area (TPSA) is 69.4 Å². The van der Waals surface area contributed by atoms with Crippen LogP contribution in [0.2, 0.25) is 0 Å². The lowest BCUT2D eigenvalue weighted by atomic mass is 10.1. The second-order valence-electron chi connectivity index (χ2n) is 6.80. The molecule has 1 aromatic carbocycles. The third-order valence-electron chi connectivity index (χ3n) is 4.86. The van der Waals surface area contributed by atoms with Crippen molar-refractivity contribution in [3.63, 3.8) is 0 Å². The van der Waals surface area contributed by atoms with Crippen molar-refractivity contribution in [3.05, 3.63) is 46.0 Å². The van der Waals surface area contributed by atoms with E-state index < -0.39 is 11.7 Å².